The molecule has 0 amide bonds. The molecule has 0 aliphatic carbocycles. The van der Waals surface area contributed by atoms with Crippen molar-refractivity contribution >= 4 is 10.0 Å². The molecule has 22 heavy (non-hydrogen) atoms. The lowest BCUT2D eigenvalue weighted by atomic mass is 10.1. The van der Waals surface area contributed by atoms with Gasteiger partial charge in [0.2, 0.25) is 10.0 Å². The number of sulfonamides is 1. The van der Waals surface area contributed by atoms with Crippen LogP contribution in [0.3, 0.4) is 0 Å². The van der Waals surface area contributed by atoms with E-state index >= 15 is 0 Å². The first-order valence-electron chi connectivity index (χ1n) is 7.92. The normalized spacial score (nSPS) is 27.7. The van der Waals surface area contributed by atoms with Gasteiger partial charge in [-0.25, -0.2) is 8.42 Å². The zero-order valence-electron chi connectivity index (χ0n) is 13.0. The summed E-state index contributed by atoms with van der Waals surface area (Å²) < 4.78 is 37.4. The molecule has 124 valence electrons. The van der Waals surface area contributed by atoms with Gasteiger partial charge in [-0.3, -0.25) is 4.90 Å². The Kier molecular flexibility index (Phi) is 4.87. The molecular weight excluding hydrogens is 304 g/mol. The quantitative estimate of drug-likeness (QED) is 0.811. The molecule has 0 radical (unpaired) electrons. The van der Waals surface area contributed by atoms with Gasteiger partial charge in [-0.15, -0.1) is 0 Å². The van der Waals surface area contributed by atoms with Gasteiger partial charge >= 0.3 is 0 Å². The van der Waals surface area contributed by atoms with Crippen molar-refractivity contribution in [3.63, 3.8) is 0 Å². The molecule has 2 aliphatic heterocycles. The Morgan fingerprint density at radius 2 is 2.18 bits per heavy atom. The monoisotopic (exact) mass is 328 g/mol. The van der Waals surface area contributed by atoms with Crippen LogP contribution in [-0.2, 0) is 21.3 Å². The number of rotatable bonds is 5. The van der Waals surface area contributed by atoms with Gasteiger partial charge in [0.15, 0.2) is 0 Å². The molecule has 2 saturated heterocycles. The van der Waals surface area contributed by atoms with Gasteiger partial charge in [0.1, 0.15) is 5.76 Å². The Balaban J connectivity index is 1.64. The van der Waals surface area contributed by atoms with E-state index in [-0.39, 0.29) is 17.8 Å². The van der Waals surface area contributed by atoms with Crippen LogP contribution in [0.25, 0.3) is 0 Å². The minimum atomic E-state index is -3.13. The predicted molar refractivity (Wildman–Crippen MR) is 82.9 cm³/mol. The Morgan fingerprint density at radius 1 is 1.32 bits per heavy atom. The molecule has 6 nitrogen and oxygen atoms in total. The molecule has 2 aliphatic rings. The standard InChI is InChI=1S/C15H24N2O4S/c1-2-8-22(18,19)17-10-13-9-16(5-7-21-15(13)12-17)11-14-4-3-6-20-14/h3-4,6,13,15H,2,5,7-12H2,1H3/t13-,15+/m0/s1. The van der Waals surface area contributed by atoms with E-state index in [0.717, 1.165) is 25.4 Å². The smallest absolute Gasteiger partial charge is 0.214 e. The summed E-state index contributed by atoms with van der Waals surface area (Å²) in [6.07, 6.45) is 2.36. The fourth-order valence-corrected chi connectivity index (χ4v) is 4.87. The van der Waals surface area contributed by atoms with Gasteiger partial charge in [0.05, 0.1) is 31.3 Å². The lowest BCUT2D eigenvalue weighted by Crippen LogP contribution is -2.34. The minimum Gasteiger partial charge on any atom is -0.468 e. The molecule has 0 aromatic carbocycles. The number of hydrogen-bond acceptors (Lipinski definition) is 5. The molecular formula is C15H24N2O4S. The van der Waals surface area contributed by atoms with E-state index in [1.807, 2.05) is 19.1 Å². The van der Waals surface area contributed by atoms with Gasteiger partial charge in [0.25, 0.3) is 0 Å². The summed E-state index contributed by atoms with van der Waals surface area (Å²) >= 11 is 0. The SMILES string of the molecule is CCCS(=O)(=O)N1C[C@@H]2CN(Cc3ccco3)CCO[C@@H]2C1. The molecule has 0 unspecified atom stereocenters. The average molecular weight is 328 g/mol. The lowest BCUT2D eigenvalue weighted by molar-refractivity contribution is 0.0546. The van der Waals surface area contributed by atoms with Crippen LogP contribution >= 0.6 is 0 Å². The van der Waals surface area contributed by atoms with Crippen molar-refractivity contribution < 1.29 is 17.6 Å². The molecule has 2 atom stereocenters. The zero-order valence-corrected chi connectivity index (χ0v) is 13.8. The molecule has 0 N–H and O–H groups in total. The summed E-state index contributed by atoms with van der Waals surface area (Å²) in [5, 5.41) is 0. The summed E-state index contributed by atoms with van der Waals surface area (Å²) in [5.74, 6) is 1.40. The number of fused-ring (bicyclic) bond motifs is 1. The number of furan rings is 1. The van der Waals surface area contributed by atoms with E-state index in [0.29, 0.717) is 26.1 Å². The van der Waals surface area contributed by atoms with Crippen LogP contribution < -0.4 is 0 Å². The number of ether oxygens (including phenoxy) is 1. The van der Waals surface area contributed by atoms with Crippen molar-refractivity contribution in [1.29, 1.82) is 0 Å². The second-order valence-corrected chi connectivity index (χ2v) is 8.21. The van der Waals surface area contributed by atoms with Gasteiger partial charge in [0, 0.05) is 32.1 Å². The highest BCUT2D eigenvalue weighted by atomic mass is 32.2. The molecule has 0 saturated carbocycles. The minimum absolute atomic E-state index is 0.0215. The third kappa shape index (κ3) is 3.53. The van der Waals surface area contributed by atoms with Crippen molar-refractivity contribution in [2.75, 3.05) is 38.5 Å². The van der Waals surface area contributed by atoms with E-state index < -0.39 is 10.0 Å². The topological polar surface area (TPSA) is 63.0 Å². The molecule has 0 spiro atoms. The van der Waals surface area contributed by atoms with Crippen LogP contribution in [0.5, 0.6) is 0 Å². The molecule has 3 rings (SSSR count). The number of hydrogen-bond donors (Lipinski definition) is 0. The molecule has 3 heterocycles. The summed E-state index contributed by atoms with van der Waals surface area (Å²) in [4.78, 5) is 2.29. The summed E-state index contributed by atoms with van der Waals surface area (Å²) in [7, 11) is -3.13. The highest BCUT2D eigenvalue weighted by Gasteiger charge is 2.40. The van der Waals surface area contributed by atoms with Gasteiger partial charge < -0.3 is 9.15 Å². The molecule has 1 aromatic rings. The van der Waals surface area contributed by atoms with E-state index in [1.54, 1.807) is 10.6 Å². The Morgan fingerprint density at radius 3 is 2.91 bits per heavy atom. The first-order chi connectivity index (χ1) is 10.6. The Hall–Kier alpha value is -0.890. The van der Waals surface area contributed by atoms with Gasteiger partial charge in [-0.05, 0) is 18.6 Å². The van der Waals surface area contributed by atoms with Crippen LogP contribution in [0.15, 0.2) is 22.8 Å². The van der Waals surface area contributed by atoms with Crippen LogP contribution in [0.4, 0.5) is 0 Å². The first kappa shape index (κ1) is 16.0. The maximum Gasteiger partial charge on any atom is 0.214 e. The van der Waals surface area contributed by atoms with Crippen molar-refractivity contribution in [2.45, 2.75) is 26.0 Å². The molecule has 2 fully saturated rings. The van der Waals surface area contributed by atoms with Crippen LogP contribution in [0.2, 0.25) is 0 Å². The van der Waals surface area contributed by atoms with Crippen molar-refractivity contribution in [3.8, 4) is 0 Å². The zero-order chi connectivity index (χ0) is 15.6. The third-order valence-electron chi connectivity index (χ3n) is 4.39. The van der Waals surface area contributed by atoms with E-state index in [2.05, 4.69) is 4.90 Å². The molecule has 0 bridgehead atoms. The van der Waals surface area contributed by atoms with Crippen molar-refractivity contribution in [3.05, 3.63) is 24.2 Å². The fraction of sp³-hybridized carbons (Fsp3) is 0.733. The summed E-state index contributed by atoms with van der Waals surface area (Å²) in [6.45, 7) is 6.07. The van der Waals surface area contributed by atoms with Crippen LogP contribution in [0.1, 0.15) is 19.1 Å². The maximum absolute atomic E-state index is 12.2. The van der Waals surface area contributed by atoms with Crippen LogP contribution in [-0.4, -0.2) is 62.3 Å². The van der Waals surface area contributed by atoms with E-state index in [1.165, 1.54) is 0 Å². The van der Waals surface area contributed by atoms with Gasteiger partial charge in [-0.1, -0.05) is 6.92 Å². The number of nitrogens with zero attached hydrogens (tertiary/aromatic N) is 2. The Labute approximate surface area is 132 Å². The second-order valence-electron chi connectivity index (χ2n) is 6.12. The third-order valence-corrected chi connectivity index (χ3v) is 6.40. The largest absolute Gasteiger partial charge is 0.468 e. The predicted octanol–water partition coefficient (Wildman–Crippen LogP) is 1.15. The average Bonchev–Trinajstić information content (AvgIpc) is 3.06. The highest BCUT2D eigenvalue weighted by Crippen LogP contribution is 2.26. The van der Waals surface area contributed by atoms with E-state index in [4.69, 9.17) is 9.15 Å². The fourth-order valence-electron chi connectivity index (χ4n) is 3.30. The Bertz CT molecular complexity index is 572. The van der Waals surface area contributed by atoms with Crippen LogP contribution in [0, 0.1) is 5.92 Å². The van der Waals surface area contributed by atoms with Gasteiger partial charge in [-0.2, -0.15) is 4.31 Å². The summed E-state index contributed by atoms with van der Waals surface area (Å²) in [6, 6.07) is 3.86. The summed E-state index contributed by atoms with van der Waals surface area (Å²) in [5.41, 5.74) is 0. The first-order valence-corrected chi connectivity index (χ1v) is 9.53. The highest BCUT2D eigenvalue weighted by molar-refractivity contribution is 7.89. The second kappa shape index (κ2) is 6.70. The van der Waals surface area contributed by atoms with Crippen molar-refractivity contribution in [1.82, 2.24) is 9.21 Å². The maximum atomic E-state index is 12.2. The molecule has 1 aromatic heterocycles. The molecule has 7 heteroatoms. The van der Waals surface area contributed by atoms with Crippen molar-refractivity contribution in [2.24, 2.45) is 5.92 Å². The van der Waals surface area contributed by atoms with E-state index in [9.17, 15) is 8.42 Å². The lowest BCUT2D eigenvalue weighted by Gasteiger charge is -2.22.